The molecule has 0 N–H and O–H groups in total. The van der Waals surface area contributed by atoms with Gasteiger partial charge in [0.05, 0.1) is 0 Å². The summed E-state index contributed by atoms with van der Waals surface area (Å²) >= 11 is 0. The molecule has 0 saturated carbocycles. The van der Waals surface area contributed by atoms with Gasteiger partial charge in [-0.15, -0.1) is 0 Å². The number of nitrogens with zero attached hydrogens (tertiary/aromatic N) is 2. The SMILES string of the molecule is CN(P=O)c1ccccn1. The van der Waals surface area contributed by atoms with Crippen LogP contribution in [0, 0.1) is 0 Å². The van der Waals surface area contributed by atoms with Crippen molar-refractivity contribution in [2.45, 2.75) is 0 Å². The lowest BCUT2D eigenvalue weighted by Gasteiger charge is -2.05. The third-order valence-electron chi connectivity index (χ3n) is 1.10. The van der Waals surface area contributed by atoms with Crippen LogP contribution >= 0.6 is 8.61 Å². The van der Waals surface area contributed by atoms with Gasteiger partial charge in [0.25, 0.3) is 8.61 Å². The van der Waals surface area contributed by atoms with Crippen molar-refractivity contribution < 1.29 is 4.57 Å². The van der Waals surface area contributed by atoms with Crippen LogP contribution in [0.25, 0.3) is 0 Å². The smallest absolute Gasteiger partial charge is 0.279 e. The first-order valence-corrected chi connectivity index (χ1v) is 3.59. The van der Waals surface area contributed by atoms with Crippen LogP contribution in [0.5, 0.6) is 0 Å². The van der Waals surface area contributed by atoms with E-state index in [1.807, 2.05) is 12.1 Å². The summed E-state index contributed by atoms with van der Waals surface area (Å²) < 4.78 is 11.8. The summed E-state index contributed by atoms with van der Waals surface area (Å²) in [6.45, 7) is 0. The van der Waals surface area contributed by atoms with E-state index in [1.165, 1.54) is 4.67 Å². The molecule has 3 nitrogen and oxygen atoms in total. The lowest BCUT2D eigenvalue weighted by molar-refractivity contribution is 0.597. The molecule has 0 spiro atoms. The molecule has 0 aromatic carbocycles. The summed E-state index contributed by atoms with van der Waals surface area (Å²) in [4.78, 5) is 3.97. The number of rotatable bonds is 2. The van der Waals surface area contributed by atoms with Gasteiger partial charge in [-0.2, -0.15) is 0 Å². The predicted octanol–water partition coefficient (Wildman–Crippen LogP) is 1.72. The molecule has 1 rings (SSSR count). The number of aromatic nitrogens is 1. The largest absolute Gasteiger partial charge is 0.282 e. The molecule has 1 aromatic rings. The summed E-state index contributed by atoms with van der Waals surface area (Å²) in [5.74, 6) is 0.708. The zero-order valence-corrected chi connectivity index (χ0v) is 6.45. The van der Waals surface area contributed by atoms with Crippen molar-refractivity contribution in [3.8, 4) is 0 Å². The Kier molecular flexibility index (Phi) is 2.35. The zero-order valence-electron chi connectivity index (χ0n) is 5.56. The molecule has 1 heterocycles. The molecule has 52 valence electrons. The Morgan fingerprint density at radius 1 is 1.60 bits per heavy atom. The second kappa shape index (κ2) is 3.28. The Balaban J connectivity index is 2.84. The first-order valence-electron chi connectivity index (χ1n) is 2.82. The fourth-order valence-corrected chi connectivity index (χ4v) is 0.789. The third kappa shape index (κ3) is 1.52. The molecule has 0 fully saturated rings. The minimum Gasteiger partial charge on any atom is -0.279 e. The van der Waals surface area contributed by atoms with Gasteiger partial charge in [0.2, 0.25) is 0 Å². The first-order chi connectivity index (χ1) is 4.84. The van der Waals surface area contributed by atoms with Crippen molar-refractivity contribution in [1.29, 1.82) is 0 Å². The topological polar surface area (TPSA) is 33.2 Å². The Labute approximate surface area is 61.0 Å². The summed E-state index contributed by atoms with van der Waals surface area (Å²) in [6.07, 6.45) is 1.66. The van der Waals surface area contributed by atoms with E-state index in [-0.39, 0.29) is 8.61 Å². The number of hydrogen-bond donors (Lipinski definition) is 0. The molecule has 0 bridgehead atoms. The Bertz CT molecular complexity index is 214. The van der Waals surface area contributed by atoms with Gasteiger partial charge in [-0.25, -0.2) is 9.55 Å². The Morgan fingerprint density at radius 2 is 2.40 bits per heavy atom. The van der Waals surface area contributed by atoms with Crippen molar-refractivity contribution in [3.05, 3.63) is 24.4 Å². The van der Waals surface area contributed by atoms with E-state index in [0.717, 1.165) is 0 Å². The van der Waals surface area contributed by atoms with Crippen LogP contribution in [-0.2, 0) is 4.57 Å². The molecule has 0 radical (unpaired) electrons. The van der Waals surface area contributed by atoms with Crippen molar-refractivity contribution in [1.82, 2.24) is 4.98 Å². The third-order valence-corrected chi connectivity index (χ3v) is 1.55. The lowest BCUT2D eigenvalue weighted by Crippen LogP contribution is -2.02. The van der Waals surface area contributed by atoms with Gasteiger partial charge in [0.15, 0.2) is 0 Å². The van der Waals surface area contributed by atoms with E-state index in [2.05, 4.69) is 4.98 Å². The number of hydrogen-bond acceptors (Lipinski definition) is 2. The molecule has 0 aliphatic carbocycles. The second-order valence-electron chi connectivity index (χ2n) is 1.79. The standard InChI is InChI=1S/C6H7N2OP/c1-8(10-9)6-4-2-3-5-7-6/h2-5H,1H3. The van der Waals surface area contributed by atoms with Gasteiger partial charge in [0.1, 0.15) is 5.82 Å². The van der Waals surface area contributed by atoms with Crippen LogP contribution in [0.15, 0.2) is 24.4 Å². The maximum atomic E-state index is 10.3. The minimum atomic E-state index is -0.0357. The quantitative estimate of drug-likeness (QED) is 0.608. The second-order valence-corrected chi connectivity index (χ2v) is 2.56. The average Bonchev–Trinajstić information content (AvgIpc) is 2.05. The van der Waals surface area contributed by atoms with E-state index in [9.17, 15) is 4.57 Å². The van der Waals surface area contributed by atoms with Crippen LogP contribution < -0.4 is 4.67 Å². The van der Waals surface area contributed by atoms with Gasteiger partial charge >= 0.3 is 0 Å². The van der Waals surface area contributed by atoms with Gasteiger partial charge in [-0.1, -0.05) is 6.07 Å². The molecule has 0 aliphatic rings. The van der Waals surface area contributed by atoms with Gasteiger partial charge in [-0.3, -0.25) is 4.67 Å². The van der Waals surface area contributed by atoms with Crippen LogP contribution in [0.2, 0.25) is 0 Å². The van der Waals surface area contributed by atoms with Crippen LogP contribution in [-0.4, -0.2) is 12.0 Å². The fraction of sp³-hybridized carbons (Fsp3) is 0.167. The molecular weight excluding hydrogens is 147 g/mol. The zero-order chi connectivity index (χ0) is 7.40. The summed E-state index contributed by atoms with van der Waals surface area (Å²) in [7, 11) is 1.67. The molecule has 0 atom stereocenters. The van der Waals surface area contributed by atoms with Crippen LogP contribution in [0.1, 0.15) is 0 Å². The van der Waals surface area contributed by atoms with E-state index in [4.69, 9.17) is 0 Å². The van der Waals surface area contributed by atoms with Gasteiger partial charge in [-0.05, 0) is 12.1 Å². The Morgan fingerprint density at radius 3 is 2.90 bits per heavy atom. The maximum absolute atomic E-state index is 10.3. The highest BCUT2D eigenvalue weighted by atomic mass is 31.1. The highest BCUT2D eigenvalue weighted by Gasteiger charge is 1.96. The lowest BCUT2D eigenvalue weighted by atomic mass is 10.5. The molecule has 0 aliphatic heterocycles. The minimum absolute atomic E-state index is 0.0357. The predicted molar refractivity (Wildman–Crippen MR) is 40.2 cm³/mol. The summed E-state index contributed by atoms with van der Waals surface area (Å²) in [6, 6.07) is 5.47. The molecule has 0 unspecified atom stereocenters. The Hall–Kier alpha value is -0.950. The van der Waals surface area contributed by atoms with E-state index >= 15 is 0 Å². The van der Waals surface area contributed by atoms with Crippen LogP contribution in [0.3, 0.4) is 0 Å². The summed E-state index contributed by atoms with van der Waals surface area (Å²) in [5, 5.41) is 0. The van der Waals surface area contributed by atoms with Crippen molar-refractivity contribution >= 4 is 14.4 Å². The maximum Gasteiger partial charge on any atom is 0.282 e. The van der Waals surface area contributed by atoms with E-state index in [1.54, 1.807) is 19.3 Å². The van der Waals surface area contributed by atoms with Gasteiger partial charge < -0.3 is 0 Å². The highest BCUT2D eigenvalue weighted by Crippen LogP contribution is 2.13. The van der Waals surface area contributed by atoms with Crippen molar-refractivity contribution in [2.75, 3.05) is 11.7 Å². The molecule has 0 amide bonds. The average molecular weight is 154 g/mol. The van der Waals surface area contributed by atoms with Crippen molar-refractivity contribution in [2.24, 2.45) is 0 Å². The van der Waals surface area contributed by atoms with Crippen LogP contribution in [0.4, 0.5) is 5.82 Å². The normalized spacial score (nSPS) is 9.70. The van der Waals surface area contributed by atoms with E-state index in [0.29, 0.717) is 5.82 Å². The molecule has 1 aromatic heterocycles. The monoisotopic (exact) mass is 154 g/mol. The fourth-order valence-electron chi connectivity index (χ4n) is 0.587. The van der Waals surface area contributed by atoms with Gasteiger partial charge in [0, 0.05) is 13.2 Å². The highest BCUT2D eigenvalue weighted by molar-refractivity contribution is 7.26. The summed E-state index contributed by atoms with van der Waals surface area (Å²) in [5.41, 5.74) is 0. The molecule has 4 heteroatoms. The molecule has 0 saturated heterocycles. The molecular formula is C6H7N2OP. The first kappa shape index (κ1) is 7.16. The van der Waals surface area contributed by atoms with Crippen molar-refractivity contribution in [3.63, 3.8) is 0 Å². The number of anilines is 1. The van der Waals surface area contributed by atoms with E-state index < -0.39 is 0 Å². The number of pyridine rings is 1. The molecule has 10 heavy (non-hydrogen) atoms.